The van der Waals surface area contributed by atoms with Crippen LogP contribution in [0.15, 0.2) is 66.7 Å². The van der Waals surface area contributed by atoms with Crippen LogP contribution in [0, 0.1) is 11.7 Å². The van der Waals surface area contributed by atoms with Crippen molar-refractivity contribution < 1.29 is 14.0 Å². The Morgan fingerprint density at radius 1 is 0.893 bits per heavy atom. The van der Waals surface area contributed by atoms with Crippen LogP contribution in [0.25, 0.3) is 10.8 Å². The molecule has 0 saturated carbocycles. The van der Waals surface area contributed by atoms with Gasteiger partial charge in [0.05, 0.1) is 5.69 Å². The fourth-order valence-corrected chi connectivity index (χ4v) is 3.72. The molecule has 0 bridgehead atoms. The standard InChI is InChI=1S/C23H21FN2O2/c24-20-10-3-4-11-21(20)25-22(27)17-12-14-26(15-13-17)23(28)19-9-5-7-16-6-1-2-8-18(16)19/h1-11,17H,12-15H2,(H,25,27). The second kappa shape index (κ2) is 7.80. The molecule has 5 heteroatoms. The summed E-state index contributed by atoms with van der Waals surface area (Å²) in [6.07, 6.45) is 1.13. The highest BCUT2D eigenvalue weighted by Crippen LogP contribution is 2.25. The van der Waals surface area contributed by atoms with Crippen molar-refractivity contribution in [3.8, 4) is 0 Å². The first-order valence-corrected chi connectivity index (χ1v) is 9.46. The number of hydrogen-bond acceptors (Lipinski definition) is 2. The van der Waals surface area contributed by atoms with Crippen molar-refractivity contribution >= 4 is 28.3 Å². The molecule has 142 valence electrons. The fraction of sp³-hybridized carbons (Fsp3) is 0.217. The number of para-hydroxylation sites is 1. The monoisotopic (exact) mass is 376 g/mol. The predicted molar refractivity (Wildman–Crippen MR) is 108 cm³/mol. The summed E-state index contributed by atoms with van der Waals surface area (Å²) in [5.74, 6) is -0.872. The van der Waals surface area contributed by atoms with Gasteiger partial charge in [-0.15, -0.1) is 0 Å². The van der Waals surface area contributed by atoms with Gasteiger partial charge in [0.2, 0.25) is 5.91 Å². The van der Waals surface area contributed by atoms with E-state index in [0.717, 1.165) is 10.8 Å². The van der Waals surface area contributed by atoms with Crippen molar-refractivity contribution in [2.24, 2.45) is 5.92 Å². The average Bonchev–Trinajstić information content (AvgIpc) is 2.74. The van der Waals surface area contributed by atoms with Gasteiger partial charge in [-0.05, 0) is 41.8 Å². The molecule has 0 aromatic heterocycles. The van der Waals surface area contributed by atoms with Gasteiger partial charge in [0.15, 0.2) is 0 Å². The predicted octanol–water partition coefficient (Wildman–Crippen LogP) is 4.47. The maximum absolute atomic E-state index is 13.7. The summed E-state index contributed by atoms with van der Waals surface area (Å²) in [5, 5.41) is 4.64. The summed E-state index contributed by atoms with van der Waals surface area (Å²) in [4.78, 5) is 27.3. The molecule has 0 aliphatic carbocycles. The molecule has 1 saturated heterocycles. The maximum Gasteiger partial charge on any atom is 0.254 e. The zero-order chi connectivity index (χ0) is 19.5. The molecular weight excluding hydrogens is 355 g/mol. The van der Waals surface area contributed by atoms with Gasteiger partial charge in [0.1, 0.15) is 5.82 Å². The zero-order valence-corrected chi connectivity index (χ0v) is 15.4. The highest BCUT2D eigenvalue weighted by atomic mass is 19.1. The van der Waals surface area contributed by atoms with Crippen LogP contribution in [0.3, 0.4) is 0 Å². The van der Waals surface area contributed by atoms with Gasteiger partial charge in [-0.1, -0.05) is 48.5 Å². The molecule has 0 atom stereocenters. The molecular formula is C23H21FN2O2. The number of benzene rings is 3. The van der Waals surface area contributed by atoms with E-state index in [1.54, 1.807) is 23.1 Å². The van der Waals surface area contributed by atoms with Gasteiger partial charge in [-0.3, -0.25) is 9.59 Å². The number of piperidine rings is 1. The Bertz CT molecular complexity index is 1020. The molecule has 1 aliphatic rings. The molecule has 0 radical (unpaired) electrons. The highest BCUT2D eigenvalue weighted by molar-refractivity contribution is 6.07. The molecule has 0 unspecified atom stereocenters. The number of amides is 2. The van der Waals surface area contributed by atoms with Gasteiger partial charge in [0.25, 0.3) is 5.91 Å². The van der Waals surface area contributed by atoms with Crippen molar-refractivity contribution in [1.29, 1.82) is 0 Å². The number of nitrogens with one attached hydrogen (secondary N) is 1. The molecule has 28 heavy (non-hydrogen) atoms. The summed E-state index contributed by atoms with van der Waals surface area (Å²) in [7, 11) is 0. The number of carbonyl (C=O) groups is 2. The first-order valence-electron chi connectivity index (χ1n) is 9.46. The smallest absolute Gasteiger partial charge is 0.254 e. The Balaban J connectivity index is 1.42. The van der Waals surface area contributed by atoms with E-state index >= 15 is 0 Å². The van der Waals surface area contributed by atoms with Crippen LogP contribution in [0.1, 0.15) is 23.2 Å². The van der Waals surface area contributed by atoms with E-state index in [0.29, 0.717) is 31.5 Å². The van der Waals surface area contributed by atoms with Gasteiger partial charge in [-0.25, -0.2) is 4.39 Å². The van der Waals surface area contributed by atoms with Gasteiger partial charge >= 0.3 is 0 Å². The van der Waals surface area contributed by atoms with E-state index < -0.39 is 5.82 Å². The summed E-state index contributed by atoms with van der Waals surface area (Å²) < 4.78 is 13.7. The second-order valence-corrected chi connectivity index (χ2v) is 7.06. The minimum absolute atomic E-state index is 0.00948. The lowest BCUT2D eigenvalue weighted by Gasteiger charge is -2.31. The highest BCUT2D eigenvalue weighted by Gasteiger charge is 2.28. The van der Waals surface area contributed by atoms with Crippen molar-refractivity contribution in [2.75, 3.05) is 18.4 Å². The van der Waals surface area contributed by atoms with Crippen molar-refractivity contribution in [1.82, 2.24) is 4.90 Å². The number of hydrogen-bond donors (Lipinski definition) is 1. The molecule has 2 amide bonds. The van der Waals surface area contributed by atoms with Crippen LogP contribution in [0.5, 0.6) is 0 Å². The lowest BCUT2D eigenvalue weighted by molar-refractivity contribution is -0.121. The van der Waals surface area contributed by atoms with E-state index in [4.69, 9.17) is 0 Å². The van der Waals surface area contributed by atoms with Gasteiger partial charge < -0.3 is 10.2 Å². The maximum atomic E-state index is 13.7. The van der Waals surface area contributed by atoms with Crippen LogP contribution >= 0.6 is 0 Å². The molecule has 3 aromatic carbocycles. The van der Waals surface area contributed by atoms with E-state index in [1.807, 2.05) is 42.5 Å². The van der Waals surface area contributed by atoms with Gasteiger partial charge in [0, 0.05) is 24.6 Å². The Morgan fingerprint density at radius 2 is 1.57 bits per heavy atom. The minimum Gasteiger partial charge on any atom is -0.339 e. The lowest BCUT2D eigenvalue weighted by Crippen LogP contribution is -2.41. The third kappa shape index (κ3) is 3.60. The molecule has 4 nitrogen and oxygen atoms in total. The molecule has 3 aromatic rings. The van der Waals surface area contributed by atoms with Crippen molar-refractivity contribution in [2.45, 2.75) is 12.8 Å². The molecule has 4 rings (SSSR count). The van der Waals surface area contributed by atoms with Crippen molar-refractivity contribution in [3.05, 3.63) is 78.1 Å². The zero-order valence-electron chi connectivity index (χ0n) is 15.4. The van der Waals surface area contributed by atoms with E-state index in [-0.39, 0.29) is 23.4 Å². The largest absolute Gasteiger partial charge is 0.339 e. The van der Waals surface area contributed by atoms with E-state index in [9.17, 15) is 14.0 Å². The van der Waals surface area contributed by atoms with E-state index in [1.165, 1.54) is 6.07 Å². The van der Waals surface area contributed by atoms with Crippen LogP contribution in [-0.2, 0) is 4.79 Å². The fourth-order valence-electron chi connectivity index (χ4n) is 3.72. The van der Waals surface area contributed by atoms with Crippen molar-refractivity contribution in [3.63, 3.8) is 0 Å². The Kier molecular flexibility index (Phi) is 5.06. The van der Waals surface area contributed by atoms with Crippen LogP contribution in [-0.4, -0.2) is 29.8 Å². The first-order chi connectivity index (χ1) is 13.6. The summed E-state index contributed by atoms with van der Waals surface area (Å²) in [5.41, 5.74) is 0.883. The number of nitrogens with zero attached hydrogens (tertiary/aromatic N) is 1. The van der Waals surface area contributed by atoms with Crippen LogP contribution < -0.4 is 5.32 Å². The van der Waals surface area contributed by atoms with Gasteiger partial charge in [-0.2, -0.15) is 0 Å². The number of rotatable bonds is 3. The number of anilines is 1. The Labute approximate surface area is 163 Å². The van der Waals surface area contributed by atoms with Crippen LogP contribution in [0.2, 0.25) is 0 Å². The quantitative estimate of drug-likeness (QED) is 0.733. The number of halogens is 1. The average molecular weight is 376 g/mol. The molecule has 1 N–H and O–H groups in total. The second-order valence-electron chi connectivity index (χ2n) is 7.06. The minimum atomic E-state index is -0.445. The third-order valence-electron chi connectivity index (χ3n) is 5.30. The van der Waals surface area contributed by atoms with E-state index in [2.05, 4.69) is 5.32 Å². The summed E-state index contributed by atoms with van der Waals surface area (Å²) in [6.45, 7) is 1.02. The Hall–Kier alpha value is -3.21. The summed E-state index contributed by atoms with van der Waals surface area (Å²) >= 11 is 0. The SMILES string of the molecule is O=C(Nc1ccccc1F)C1CCN(C(=O)c2cccc3ccccc23)CC1. The molecule has 0 spiro atoms. The third-order valence-corrected chi connectivity index (χ3v) is 5.30. The lowest BCUT2D eigenvalue weighted by atomic mass is 9.94. The topological polar surface area (TPSA) is 49.4 Å². The molecule has 1 heterocycles. The Morgan fingerprint density at radius 3 is 2.36 bits per heavy atom. The van der Waals surface area contributed by atoms with Crippen LogP contribution in [0.4, 0.5) is 10.1 Å². The molecule has 1 aliphatic heterocycles. The normalized spacial score (nSPS) is 14.8. The number of carbonyl (C=O) groups excluding carboxylic acids is 2. The number of likely N-dealkylation sites (tertiary alicyclic amines) is 1. The summed E-state index contributed by atoms with van der Waals surface area (Å²) in [6, 6.07) is 19.7. The molecule has 1 fully saturated rings. The number of fused-ring (bicyclic) bond motifs is 1. The first kappa shape index (κ1) is 18.2.